The van der Waals surface area contributed by atoms with E-state index in [1.54, 1.807) is 7.05 Å². The normalized spacial score (nSPS) is 30.2. The third kappa shape index (κ3) is 2.51. The number of rotatable bonds is 6. The van der Waals surface area contributed by atoms with E-state index in [1.807, 2.05) is 0 Å². The molecule has 11 nitrogen and oxygen atoms in total. The number of ether oxygens (including phenoxy) is 1. The van der Waals surface area contributed by atoms with Crippen LogP contribution >= 0.6 is 0 Å². The molecule has 11 heteroatoms. The standard InChI is InChI=1S/C13H21N7O4/c1-16-13(10(22)9(21)7(24-13)3-2-4-23-15)20-6-19-8-11(14)17-5-18-12(8)20/h5-7,9-10,16,21-22H,2-4,15H2,1H3,(H2,14,17,18)/t7-,9-,10-,13+/m1/s1. The van der Waals surface area contributed by atoms with Crippen LogP contribution in [-0.2, 0) is 15.4 Å². The van der Waals surface area contributed by atoms with Crippen molar-refractivity contribution >= 4 is 17.0 Å². The lowest BCUT2D eigenvalue weighted by Gasteiger charge is -2.33. The van der Waals surface area contributed by atoms with Crippen molar-refractivity contribution in [3.05, 3.63) is 12.7 Å². The smallest absolute Gasteiger partial charge is 0.234 e. The van der Waals surface area contributed by atoms with Crippen molar-refractivity contribution in [2.45, 2.75) is 37.0 Å². The highest BCUT2D eigenvalue weighted by molar-refractivity contribution is 5.81. The molecule has 1 fully saturated rings. The third-order valence-corrected chi connectivity index (χ3v) is 4.27. The molecule has 0 amide bonds. The molecular formula is C13H21N7O4. The molecule has 1 aliphatic heterocycles. The van der Waals surface area contributed by atoms with Crippen molar-refractivity contribution < 1.29 is 19.8 Å². The van der Waals surface area contributed by atoms with E-state index in [1.165, 1.54) is 17.2 Å². The molecule has 3 heterocycles. The topological polar surface area (TPSA) is 167 Å². The van der Waals surface area contributed by atoms with E-state index in [2.05, 4.69) is 25.1 Å². The van der Waals surface area contributed by atoms with Crippen LogP contribution in [0.2, 0.25) is 0 Å². The van der Waals surface area contributed by atoms with Gasteiger partial charge in [-0.15, -0.1) is 0 Å². The number of imidazole rings is 1. The SMILES string of the molecule is CN[C@@]1(n2cnc3c(N)ncnc32)O[C@H](CCCON)[C@@H](O)[C@H]1O. The Labute approximate surface area is 137 Å². The number of hydrogen-bond acceptors (Lipinski definition) is 10. The van der Waals surface area contributed by atoms with Crippen molar-refractivity contribution in [3.8, 4) is 0 Å². The summed E-state index contributed by atoms with van der Waals surface area (Å²) in [4.78, 5) is 16.7. The fourth-order valence-electron chi connectivity index (χ4n) is 3.03. The first-order valence-corrected chi connectivity index (χ1v) is 7.53. The zero-order valence-corrected chi connectivity index (χ0v) is 13.2. The molecular weight excluding hydrogens is 318 g/mol. The fraction of sp³-hybridized carbons (Fsp3) is 0.615. The van der Waals surface area contributed by atoms with Gasteiger partial charge in [0, 0.05) is 0 Å². The zero-order chi connectivity index (χ0) is 17.3. The molecule has 0 bridgehead atoms. The number of likely N-dealkylation sites (N-methyl/N-ethyl adjacent to an activating group) is 1. The van der Waals surface area contributed by atoms with Gasteiger partial charge < -0.3 is 25.5 Å². The van der Waals surface area contributed by atoms with Gasteiger partial charge in [-0.3, -0.25) is 9.88 Å². The first-order valence-electron chi connectivity index (χ1n) is 7.53. The Morgan fingerprint density at radius 1 is 1.42 bits per heavy atom. The van der Waals surface area contributed by atoms with Crippen molar-refractivity contribution in [1.82, 2.24) is 24.8 Å². The molecule has 0 aromatic carbocycles. The van der Waals surface area contributed by atoms with Crippen LogP contribution < -0.4 is 16.9 Å². The van der Waals surface area contributed by atoms with E-state index in [-0.39, 0.29) is 5.82 Å². The van der Waals surface area contributed by atoms with E-state index in [4.69, 9.17) is 16.4 Å². The van der Waals surface area contributed by atoms with E-state index < -0.39 is 24.2 Å². The Morgan fingerprint density at radius 2 is 2.21 bits per heavy atom. The minimum absolute atomic E-state index is 0.217. The Bertz CT molecular complexity index is 711. The van der Waals surface area contributed by atoms with Gasteiger partial charge in [0.25, 0.3) is 0 Å². The third-order valence-electron chi connectivity index (χ3n) is 4.27. The first-order chi connectivity index (χ1) is 11.5. The maximum Gasteiger partial charge on any atom is 0.234 e. The zero-order valence-electron chi connectivity index (χ0n) is 13.2. The second-order valence-corrected chi connectivity index (χ2v) is 5.60. The van der Waals surface area contributed by atoms with Gasteiger partial charge in [0.2, 0.25) is 5.85 Å². The van der Waals surface area contributed by atoms with Crippen molar-refractivity contribution in [3.63, 3.8) is 0 Å². The van der Waals surface area contributed by atoms with Gasteiger partial charge in [-0.05, 0) is 19.9 Å². The number of fused-ring (bicyclic) bond motifs is 1. The molecule has 4 atom stereocenters. The quantitative estimate of drug-likeness (QED) is 0.294. The van der Waals surface area contributed by atoms with E-state index in [0.29, 0.717) is 30.6 Å². The molecule has 3 rings (SSSR count). The number of aliphatic hydroxyl groups excluding tert-OH is 2. The minimum Gasteiger partial charge on any atom is -0.387 e. The van der Waals surface area contributed by atoms with Crippen molar-refractivity contribution in [2.75, 3.05) is 19.4 Å². The van der Waals surface area contributed by atoms with Crippen LogP contribution in [0.15, 0.2) is 12.7 Å². The predicted octanol–water partition coefficient (Wildman–Crippen LogP) is -1.97. The molecule has 2 aromatic heterocycles. The van der Waals surface area contributed by atoms with Crippen LogP contribution in [0.5, 0.6) is 0 Å². The molecule has 0 saturated carbocycles. The summed E-state index contributed by atoms with van der Waals surface area (Å²) >= 11 is 0. The summed E-state index contributed by atoms with van der Waals surface area (Å²) in [5.74, 6) is 3.79. The number of anilines is 1. The summed E-state index contributed by atoms with van der Waals surface area (Å²) in [5, 5.41) is 23.9. The van der Waals surface area contributed by atoms with Gasteiger partial charge in [0.1, 0.15) is 30.4 Å². The molecule has 0 aliphatic carbocycles. The molecule has 1 aliphatic rings. The Kier molecular flexibility index (Phi) is 4.62. The van der Waals surface area contributed by atoms with E-state index >= 15 is 0 Å². The van der Waals surface area contributed by atoms with Crippen LogP contribution in [-0.4, -0.2) is 61.7 Å². The summed E-state index contributed by atoms with van der Waals surface area (Å²) in [6.45, 7) is 0.326. The number of aromatic nitrogens is 4. The van der Waals surface area contributed by atoms with Gasteiger partial charge in [-0.25, -0.2) is 20.8 Å². The summed E-state index contributed by atoms with van der Waals surface area (Å²) in [7, 11) is 1.61. The molecule has 24 heavy (non-hydrogen) atoms. The van der Waals surface area contributed by atoms with E-state index in [0.717, 1.165) is 0 Å². The van der Waals surface area contributed by atoms with Crippen LogP contribution in [0.4, 0.5) is 5.82 Å². The average molecular weight is 339 g/mol. The lowest BCUT2D eigenvalue weighted by molar-refractivity contribution is -0.160. The summed E-state index contributed by atoms with van der Waals surface area (Å²) < 4.78 is 7.48. The van der Waals surface area contributed by atoms with Gasteiger partial charge in [0.05, 0.1) is 12.7 Å². The number of hydrogen-bond donors (Lipinski definition) is 5. The van der Waals surface area contributed by atoms with Gasteiger partial charge in [-0.1, -0.05) is 0 Å². The van der Waals surface area contributed by atoms with E-state index in [9.17, 15) is 10.2 Å². The molecule has 1 saturated heterocycles. The highest BCUT2D eigenvalue weighted by Crippen LogP contribution is 2.36. The summed E-state index contributed by atoms with van der Waals surface area (Å²) in [5.41, 5.74) is 6.57. The van der Waals surface area contributed by atoms with Crippen LogP contribution in [0, 0.1) is 0 Å². The van der Waals surface area contributed by atoms with Gasteiger partial charge in [0.15, 0.2) is 11.5 Å². The van der Waals surface area contributed by atoms with Gasteiger partial charge in [-0.2, -0.15) is 0 Å². The monoisotopic (exact) mass is 339 g/mol. The second kappa shape index (κ2) is 6.55. The maximum atomic E-state index is 10.6. The molecule has 7 N–H and O–H groups in total. The minimum atomic E-state index is -1.43. The number of nitrogens with one attached hydrogen (secondary N) is 1. The average Bonchev–Trinajstić information content (AvgIpc) is 3.12. The van der Waals surface area contributed by atoms with Crippen LogP contribution in [0.3, 0.4) is 0 Å². The second-order valence-electron chi connectivity index (χ2n) is 5.60. The lowest BCUT2D eigenvalue weighted by atomic mass is 10.0. The number of nitrogens with two attached hydrogens (primary N) is 2. The molecule has 132 valence electrons. The number of nitrogens with zero attached hydrogens (tertiary/aromatic N) is 4. The Balaban J connectivity index is 1.97. The Hall–Kier alpha value is -1.89. The van der Waals surface area contributed by atoms with Crippen LogP contribution in [0.25, 0.3) is 11.2 Å². The Morgan fingerprint density at radius 3 is 2.92 bits per heavy atom. The van der Waals surface area contributed by atoms with Gasteiger partial charge >= 0.3 is 0 Å². The first kappa shape index (κ1) is 17.0. The highest BCUT2D eigenvalue weighted by atomic mass is 16.6. The molecule has 0 unspecified atom stereocenters. The lowest BCUT2D eigenvalue weighted by Crippen LogP contribution is -2.54. The van der Waals surface area contributed by atoms with Crippen molar-refractivity contribution in [2.24, 2.45) is 5.90 Å². The molecule has 0 spiro atoms. The summed E-state index contributed by atoms with van der Waals surface area (Å²) in [6, 6.07) is 0. The maximum absolute atomic E-state index is 10.6. The van der Waals surface area contributed by atoms with Crippen molar-refractivity contribution in [1.29, 1.82) is 0 Å². The molecule has 2 aromatic rings. The number of nitrogen functional groups attached to an aromatic ring is 1. The largest absolute Gasteiger partial charge is 0.387 e. The summed E-state index contributed by atoms with van der Waals surface area (Å²) in [6.07, 6.45) is 0.805. The highest BCUT2D eigenvalue weighted by Gasteiger charge is 2.55. The van der Waals surface area contributed by atoms with Crippen LogP contribution in [0.1, 0.15) is 12.8 Å². The number of aliphatic hydroxyl groups is 2. The predicted molar refractivity (Wildman–Crippen MR) is 83.0 cm³/mol. The molecule has 0 radical (unpaired) electrons. The fourth-order valence-corrected chi connectivity index (χ4v) is 3.03.